The summed E-state index contributed by atoms with van der Waals surface area (Å²) in [6.45, 7) is 6.88. The predicted molar refractivity (Wildman–Crippen MR) is 148 cm³/mol. The minimum absolute atomic E-state index is 0.586. The summed E-state index contributed by atoms with van der Waals surface area (Å²) in [7, 11) is 0. The molecule has 188 valence electrons. The van der Waals surface area contributed by atoms with Gasteiger partial charge >= 0.3 is 0 Å². The van der Waals surface area contributed by atoms with Crippen molar-refractivity contribution in [2.24, 2.45) is 0 Å². The molecule has 0 spiro atoms. The van der Waals surface area contributed by atoms with Crippen molar-refractivity contribution >= 4 is 39.7 Å². The summed E-state index contributed by atoms with van der Waals surface area (Å²) < 4.78 is 13.9. The number of aryl methyl sites for hydroxylation is 1. The Morgan fingerprint density at radius 1 is 1.03 bits per heavy atom. The number of imidazole rings is 1. The molecule has 7 nitrogen and oxygen atoms in total. The Morgan fingerprint density at radius 2 is 1.86 bits per heavy atom. The average Bonchev–Trinajstić information content (AvgIpc) is 3.42. The number of anilines is 2. The van der Waals surface area contributed by atoms with Gasteiger partial charge in [-0.1, -0.05) is 54.1 Å². The number of rotatable bonds is 7. The van der Waals surface area contributed by atoms with Crippen molar-refractivity contribution in [2.45, 2.75) is 6.92 Å². The molecule has 0 bridgehead atoms. The lowest BCUT2D eigenvalue weighted by atomic mass is 10.0. The Hall–Kier alpha value is -3.65. The van der Waals surface area contributed by atoms with Gasteiger partial charge in [0.2, 0.25) is 0 Å². The number of hydrogen-bond acceptors (Lipinski definition) is 6. The molecule has 1 fully saturated rings. The minimum Gasteiger partial charge on any atom is -0.492 e. The van der Waals surface area contributed by atoms with E-state index in [0.717, 1.165) is 77.5 Å². The fourth-order valence-electron chi connectivity index (χ4n) is 4.75. The normalized spacial score (nSPS) is 14.3. The van der Waals surface area contributed by atoms with E-state index in [4.69, 9.17) is 26.1 Å². The van der Waals surface area contributed by atoms with Crippen molar-refractivity contribution in [1.29, 1.82) is 0 Å². The number of halogens is 1. The van der Waals surface area contributed by atoms with E-state index < -0.39 is 0 Å². The molecule has 5 aromatic rings. The Kier molecular flexibility index (Phi) is 6.66. The number of ether oxygens (including phenoxy) is 2. The largest absolute Gasteiger partial charge is 0.492 e. The van der Waals surface area contributed by atoms with Gasteiger partial charge in [0.15, 0.2) is 5.82 Å². The number of nitrogens with one attached hydrogen (secondary N) is 1. The molecule has 3 aromatic carbocycles. The fourth-order valence-corrected chi connectivity index (χ4v) is 5.02. The van der Waals surface area contributed by atoms with Crippen LogP contribution in [0.2, 0.25) is 5.02 Å². The average molecular weight is 514 g/mol. The Labute approximate surface area is 220 Å². The number of nitrogens with zero attached hydrogens (tertiary/aromatic N) is 4. The van der Waals surface area contributed by atoms with Gasteiger partial charge in [-0.3, -0.25) is 9.30 Å². The first-order valence-corrected chi connectivity index (χ1v) is 12.9. The molecule has 0 radical (unpaired) electrons. The molecule has 8 heteroatoms. The molecular formula is C29H28ClN5O2. The van der Waals surface area contributed by atoms with Crippen molar-refractivity contribution in [1.82, 2.24) is 19.3 Å². The second-order valence-electron chi connectivity index (χ2n) is 9.17. The summed E-state index contributed by atoms with van der Waals surface area (Å²) in [4.78, 5) is 11.8. The van der Waals surface area contributed by atoms with Crippen LogP contribution in [0.5, 0.6) is 5.75 Å². The van der Waals surface area contributed by atoms with Gasteiger partial charge in [-0.25, -0.2) is 9.97 Å². The van der Waals surface area contributed by atoms with Gasteiger partial charge < -0.3 is 14.8 Å². The van der Waals surface area contributed by atoms with Crippen LogP contribution in [0.1, 0.15) is 5.56 Å². The number of hydrogen-bond donors (Lipinski definition) is 1. The lowest BCUT2D eigenvalue weighted by Crippen LogP contribution is -2.38. The highest BCUT2D eigenvalue weighted by atomic mass is 35.5. The van der Waals surface area contributed by atoms with Crippen LogP contribution in [0.4, 0.5) is 11.5 Å². The van der Waals surface area contributed by atoms with Crippen LogP contribution in [-0.2, 0) is 4.74 Å². The molecule has 0 unspecified atom stereocenters. The molecule has 0 amide bonds. The fraction of sp³-hybridized carbons (Fsp3) is 0.241. The minimum atomic E-state index is 0.586. The maximum absolute atomic E-state index is 6.51. The lowest BCUT2D eigenvalue weighted by molar-refractivity contribution is 0.0323. The van der Waals surface area contributed by atoms with E-state index in [1.807, 2.05) is 61.9 Å². The van der Waals surface area contributed by atoms with Crippen molar-refractivity contribution in [3.8, 4) is 16.9 Å². The third kappa shape index (κ3) is 4.85. The molecule has 2 aromatic heterocycles. The van der Waals surface area contributed by atoms with Crippen LogP contribution < -0.4 is 10.1 Å². The third-order valence-electron chi connectivity index (χ3n) is 6.77. The zero-order chi connectivity index (χ0) is 25.2. The summed E-state index contributed by atoms with van der Waals surface area (Å²) in [5.74, 6) is 1.49. The third-order valence-corrected chi connectivity index (χ3v) is 7.08. The highest BCUT2D eigenvalue weighted by Crippen LogP contribution is 2.36. The molecule has 3 heterocycles. The second kappa shape index (κ2) is 10.4. The first kappa shape index (κ1) is 23.7. The summed E-state index contributed by atoms with van der Waals surface area (Å²) in [5, 5.41) is 4.10. The van der Waals surface area contributed by atoms with Crippen LogP contribution in [0.15, 0.2) is 73.2 Å². The van der Waals surface area contributed by atoms with E-state index in [1.165, 1.54) is 0 Å². The van der Waals surface area contributed by atoms with Gasteiger partial charge in [0.05, 0.1) is 47.5 Å². The maximum Gasteiger partial charge on any atom is 0.157 e. The van der Waals surface area contributed by atoms with Gasteiger partial charge in [0.1, 0.15) is 17.9 Å². The SMILES string of the molecule is Cc1cccc(Cl)c1Nc1nc2cc(OCCN3CCOCC3)c(-c3ccccc3)cc2n2cncc12. The number of benzene rings is 3. The summed E-state index contributed by atoms with van der Waals surface area (Å²) in [6.07, 6.45) is 3.63. The second-order valence-corrected chi connectivity index (χ2v) is 9.58. The van der Waals surface area contributed by atoms with Crippen molar-refractivity contribution in [3.05, 3.63) is 83.8 Å². The molecule has 1 saturated heterocycles. The standard InChI is InChI=1S/C29H28ClN5O2/c1-20-6-5-9-23(30)28(20)33-29-26-18-31-19-35(26)25-16-22(21-7-3-2-4-8-21)27(17-24(25)32-29)37-15-12-34-10-13-36-14-11-34/h2-9,16-19H,10-15H2,1H3,(H,32,33). The van der Waals surface area contributed by atoms with Crippen LogP contribution in [0, 0.1) is 6.92 Å². The Balaban J connectivity index is 1.42. The van der Waals surface area contributed by atoms with Crippen LogP contribution in [0.3, 0.4) is 0 Å². The van der Waals surface area contributed by atoms with Gasteiger partial charge in [0.25, 0.3) is 0 Å². The topological polar surface area (TPSA) is 63.9 Å². The van der Waals surface area contributed by atoms with E-state index >= 15 is 0 Å². The van der Waals surface area contributed by atoms with Gasteiger partial charge in [-0.2, -0.15) is 0 Å². The van der Waals surface area contributed by atoms with Gasteiger partial charge in [-0.15, -0.1) is 0 Å². The van der Waals surface area contributed by atoms with Crippen LogP contribution in [-0.4, -0.2) is 58.7 Å². The Morgan fingerprint density at radius 3 is 2.68 bits per heavy atom. The van der Waals surface area contributed by atoms with E-state index in [-0.39, 0.29) is 0 Å². The number of fused-ring (bicyclic) bond motifs is 3. The van der Waals surface area contributed by atoms with E-state index in [1.54, 1.807) is 0 Å². The summed E-state index contributed by atoms with van der Waals surface area (Å²) in [5.41, 5.74) is 6.61. The van der Waals surface area contributed by atoms with Crippen molar-refractivity contribution in [3.63, 3.8) is 0 Å². The van der Waals surface area contributed by atoms with Gasteiger partial charge in [0, 0.05) is 31.3 Å². The predicted octanol–water partition coefficient (Wildman–Crippen LogP) is 5.97. The molecule has 0 aliphatic carbocycles. The highest BCUT2D eigenvalue weighted by Gasteiger charge is 2.17. The number of morpholine rings is 1. The number of para-hydroxylation sites is 1. The maximum atomic E-state index is 6.51. The first-order chi connectivity index (χ1) is 18.2. The highest BCUT2D eigenvalue weighted by molar-refractivity contribution is 6.33. The molecule has 1 aliphatic heterocycles. The molecule has 0 saturated carbocycles. The smallest absolute Gasteiger partial charge is 0.157 e. The van der Waals surface area contributed by atoms with Gasteiger partial charge in [-0.05, 0) is 30.2 Å². The van der Waals surface area contributed by atoms with Crippen molar-refractivity contribution in [2.75, 3.05) is 44.8 Å². The molecular weight excluding hydrogens is 486 g/mol. The van der Waals surface area contributed by atoms with E-state index in [9.17, 15) is 0 Å². The Bertz CT molecular complexity index is 1530. The number of aromatic nitrogens is 3. The van der Waals surface area contributed by atoms with Crippen LogP contribution in [0.25, 0.3) is 27.7 Å². The monoisotopic (exact) mass is 513 g/mol. The van der Waals surface area contributed by atoms with E-state index in [2.05, 4.69) is 37.8 Å². The molecule has 0 atom stereocenters. The van der Waals surface area contributed by atoms with Crippen molar-refractivity contribution < 1.29 is 9.47 Å². The lowest BCUT2D eigenvalue weighted by Gasteiger charge is -2.26. The van der Waals surface area contributed by atoms with E-state index in [0.29, 0.717) is 17.4 Å². The molecule has 1 N–H and O–H groups in total. The first-order valence-electron chi connectivity index (χ1n) is 12.5. The molecule has 37 heavy (non-hydrogen) atoms. The van der Waals surface area contributed by atoms with Crippen LogP contribution >= 0.6 is 11.6 Å². The zero-order valence-electron chi connectivity index (χ0n) is 20.7. The quantitative estimate of drug-likeness (QED) is 0.289. The molecule has 6 rings (SSSR count). The molecule has 1 aliphatic rings. The summed E-state index contributed by atoms with van der Waals surface area (Å²) in [6, 6.07) is 20.3. The zero-order valence-corrected chi connectivity index (χ0v) is 21.4. The summed E-state index contributed by atoms with van der Waals surface area (Å²) >= 11 is 6.51.